The summed E-state index contributed by atoms with van der Waals surface area (Å²) in [7, 11) is 0. The Balaban J connectivity index is 1.62. The van der Waals surface area contributed by atoms with Crippen LogP contribution in [0.5, 0.6) is 5.75 Å². The Kier molecular flexibility index (Phi) is 6.42. The van der Waals surface area contributed by atoms with Crippen LogP contribution in [-0.2, 0) is 19.6 Å². The molecule has 32 heavy (non-hydrogen) atoms. The van der Waals surface area contributed by atoms with Gasteiger partial charge in [0.25, 0.3) is 5.92 Å². The molecule has 3 N–H and O–H groups in total. The fourth-order valence-corrected chi connectivity index (χ4v) is 3.82. The van der Waals surface area contributed by atoms with Gasteiger partial charge in [0.05, 0.1) is 0 Å². The SMILES string of the molecule is CCc1ccccc1OCc1cc(NCC2CC2(F)F)cc(-c2cccc(CN)c2F)c1. The topological polar surface area (TPSA) is 47.3 Å². The van der Waals surface area contributed by atoms with Gasteiger partial charge in [-0.15, -0.1) is 0 Å². The van der Waals surface area contributed by atoms with Crippen LogP contribution in [0.4, 0.5) is 18.9 Å². The van der Waals surface area contributed by atoms with E-state index in [4.69, 9.17) is 10.5 Å². The van der Waals surface area contributed by atoms with Crippen molar-refractivity contribution in [1.82, 2.24) is 0 Å². The first-order valence-electron chi connectivity index (χ1n) is 10.9. The fourth-order valence-electron chi connectivity index (χ4n) is 3.82. The predicted octanol–water partition coefficient (Wildman–Crippen LogP) is 6.16. The van der Waals surface area contributed by atoms with E-state index < -0.39 is 11.8 Å². The Hall–Kier alpha value is -2.99. The summed E-state index contributed by atoms with van der Waals surface area (Å²) in [6.07, 6.45) is 0.742. The van der Waals surface area contributed by atoms with Crippen molar-refractivity contribution in [2.45, 2.75) is 38.8 Å². The van der Waals surface area contributed by atoms with E-state index in [1.807, 2.05) is 36.4 Å². The van der Waals surface area contributed by atoms with Gasteiger partial charge >= 0.3 is 0 Å². The van der Waals surface area contributed by atoms with Crippen LogP contribution in [0.15, 0.2) is 60.7 Å². The highest BCUT2D eigenvalue weighted by molar-refractivity contribution is 5.70. The third-order valence-electron chi connectivity index (χ3n) is 5.86. The van der Waals surface area contributed by atoms with Gasteiger partial charge in [0, 0.05) is 42.2 Å². The second-order valence-electron chi connectivity index (χ2n) is 8.19. The molecule has 3 aromatic rings. The number of benzene rings is 3. The van der Waals surface area contributed by atoms with E-state index in [1.165, 1.54) is 0 Å². The molecule has 0 aromatic heterocycles. The lowest BCUT2D eigenvalue weighted by atomic mass is 9.99. The van der Waals surface area contributed by atoms with Crippen molar-refractivity contribution in [1.29, 1.82) is 0 Å². The largest absolute Gasteiger partial charge is 0.489 e. The van der Waals surface area contributed by atoms with Gasteiger partial charge < -0.3 is 15.8 Å². The van der Waals surface area contributed by atoms with Crippen LogP contribution in [0, 0.1) is 11.7 Å². The summed E-state index contributed by atoms with van der Waals surface area (Å²) in [5.74, 6) is -2.84. The molecule has 6 heteroatoms. The Labute approximate surface area is 186 Å². The van der Waals surface area contributed by atoms with E-state index in [9.17, 15) is 13.2 Å². The van der Waals surface area contributed by atoms with E-state index >= 15 is 0 Å². The quantitative estimate of drug-likeness (QED) is 0.419. The van der Waals surface area contributed by atoms with Crippen molar-refractivity contribution in [3.8, 4) is 16.9 Å². The van der Waals surface area contributed by atoms with E-state index in [0.717, 1.165) is 23.3 Å². The summed E-state index contributed by atoms with van der Waals surface area (Å²) in [6.45, 7) is 2.60. The zero-order chi connectivity index (χ0) is 22.7. The first-order chi connectivity index (χ1) is 15.4. The summed E-state index contributed by atoms with van der Waals surface area (Å²) >= 11 is 0. The standard InChI is InChI=1S/C26H27F3N2O/c1-2-18-6-3-4-9-24(18)32-16-17-10-20(23-8-5-7-19(14-30)25(23)27)12-22(11-17)31-15-21-13-26(21,28)29/h3-12,21,31H,2,13-16,30H2,1H3. The maximum absolute atomic E-state index is 15.0. The highest BCUT2D eigenvalue weighted by atomic mass is 19.3. The number of alkyl halides is 2. The molecule has 1 atom stereocenters. The molecule has 1 aliphatic carbocycles. The lowest BCUT2D eigenvalue weighted by molar-refractivity contribution is 0.101. The number of hydrogen-bond acceptors (Lipinski definition) is 3. The first-order valence-corrected chi connectivity index (χ1v) is 10.9. The summed E-state index contributed by atoms with van der Waals surface area (Å²) in [5, 5.41) is 3.10. The molecule has 4 rings (SSSR count). The van der Waals surface area contributed by atoms with Gasteiger partial charge in [0.1, 0.15) is 18.2 Å². The van der Waals surface area contributed by atoms with Crippen LogP contribution in [0.1, 0.15) is 30.0 Å². The molecular formula is C26H27F3N2O. The van der Waals surface area contributed by atoms with E-state index in [1.54, 1.807) is 24.3 Å². The number of para-hydroxylation sites is 1. The van der Waals surface area contributed by atoms with Crippen molar-refractivity contribution >= 4 is 5.69 Å². The molecule has 0 bridgehead atoms. The lowest BCUT2D eigenvalue weighted by Gasteiger charge is -2.15. The van der Waals surface area contributed by atoms with Crippen LogP contribution in [0.2, 0.25) is 0 Å². The molecule has 0 amide bonds. The lowest BCUT2D eigenvalue weighted by Crippen LogP contribution is -2.09. The maximum Gasteiger partial charge on any atom is 0.253 e. The predicted molar refractivity (Wildman–Crippen MR) is 121 cm³/mol. The van der Waals surface area contributed by atoms with Gasteiger partial charge in [-0.2, -0.15) is 0 Å². The number of ether oxygens (including phenoxy) is 1. The number of anilines is 1. The number of aryl methyl sites for hydroxylation is 1. The summed E-state index contributed by atoms with van der Waals surface area (Å²) in [6, 6.07) is 18.4. The first kappa shape index (κ1) is 22.2. The van der Waals surface area contributed by atoms with Gasteiger partial charge in [0.15, 0.2) is 0 Å². The van der Waals surface area contributed by atoms with Crippen molar-refractivity contribution in [2.24, 2.45) is 11.7 Å². The number of rotatable bonds is 9. The second kappa shape index (κ2) is 9.25. The van der Waals surface area contributed by atoms with Crippen molar-refractivity contribution in [2.75, 3.05) is 11.9 Å². The maximum atomic E-state index is 15.0. The van der Waals surface area contributed by atoms with E-state index in [-0.39, 0.29) is 31.9 Å². The molecule has 1 saturated carbocycles. The average molecular weight is 441 g/mol. The van der Waals surface area contributed by atoms with Crippen LogP contribution in [0.3, 0.4) is 0 Å². The molecule has 3 aromatic carbocycles. The number of nitrogens with one attached hydrogen (secondary N) is 1. The molecule has 0 aliphatic heterocycles. The van der Waals surface area contributed by atoms with E-state index in [0.29, 0.717) is 22.4 Å². The molecule has 0 spiro atoms. The molecule has 0 saturated heterocycles. The third-order valence-corrected chi connectivity index (χ3v) is 5.86. The minimum absolute atomic E-state index is 0.0954. The second-order valence-corrected chi connectivity index (χ2v) is 8.19. The van der Waals surface area contributed by atoms with Gasteiger partial charge in [-0.25, -0.2) is 13.2 Å². The van der Waals surface area contributed by atoms with Crippen LogP contribution in [-0.4, -0.2) is 12.5 Å². The highest BCUT2D eigenvalue weighted by Crippen LogP contribution is 2.48. The van der Waals surface area contributed by atoms with Crippen molar-refractivity contribution in [3.63, 3.8) is 0 Å². The average Bonchev–Trinajstić information content (AvgIpc) is 3.42. The van der Waals surface area contributed by atoms with Crippen molar-refractivity contribution < 1.29 is 17.9 Å². The Morgan fingerprint density at radius 2 is 1.81 bits per heavy atom. The zero-order valence-corrected chi connectivity index (χ0v) is 18.0. The smallest absolute Gasteiger partial charge is 0.253 e. The molecule has 0 heterocycles. The Morgan fingerprint density at radius 1 is 1.06 bits per heavy atom. The number of nitrogens with two attached hydrogens (primary N) is 1. The van der Waals surface area contributed by atoms with E-state index in [2.05, 4.69) is 12.2 Å². The fraction of sp³-hybridized carbons (Fsp3) is 0.308. The molecular weight excluding hydrogens is 413 g/mol. The van der Waals surface area contributed by atoms with Gasteiger partial charge in [0.2, 0.25) is 0 Å². The highest BCUT2D eigenvalue weighted by Gasteiger charge is 2.56. The zero-order valence-electron chi connectivity index (χ0n) is 18.0. The van der Waals surface area contributed by atoms with Gasteiger partial charge in [-0.1, -0.05) is 43.3 Å². The number of halogens is 3. The molecule has 1 unspecified atom stereocenters. The van der Waals surface area contributed by atoms with Crippen LogP contribution < -0.4 is 15.8 Å². The van der Waals surface area contributed by atoms with Gasteiger partial charge in [-0.3, -0.25) is 0 Å². The number of hydrogen-bond donors (Lipinski definition) is 2. The molecule has 168 valence electrons. The minimum Gasteiger partial charge on any atom is -0.489 e. The Morgan fingerprint density at radius 3 is 2.53 bits per heavy atom. The normalized spacial score (nSPS) is 16.6. The van der Waals surface area contributed by atoms with Crippen LogP contribution in [0.25, 0.3) is 11.1 Å². The molecule has 0 radical (unpaired) electrons. The monoisotopic (exact) mass is 440 g/mol. The summed E-state index contributed by atoms with van der Waals surface area (Å²) in [4.78, 5) is 0. The summed E-state index contributed by atoms with van der Waals surface area (Å²) in [5.41, 5.74) is 9.73. The Bertz CT molecular complexity index is 1100. The van der Waals surface area contributed by atoms with Crippen LogP contribution >= 0.6 is 0 Å². The third kappa shape index (κ3) is 4.91. The minimum atomic E-state index is -2.60. The summed E-state index contributed by atoms with van der Waals surface area (Å²) < 4.78 is 47.6. The molecule has 3 nitrogen and oxygen atoms in total. The van der Waals surface area contributed by atoms with Gasteiger partial charge in [-0.05, 0) is 47.4 Å². The molecule has 1 fully saturated rings. The molecule has 1 aliphatic rings. The van der Waals surface area contributed by atoms with Crippen molar-refractivity contribution in [3.05, 3.63) is 83.2 Å².